The van der Waals surface area contributed by atoms with Gasteiger partial charge in [-0.15, -0.1) is 11.3 Å². The highest BCUT2D eigenvalue weighted by Crippen LogP contribution is 2.28. The molecule has 0 fully saturated rings. The molecule has 2 aromatic rings. The maximum atomic E-state index is 12.9. The van der Waals surface area contributed by atoms with E-state index in [1.165, 1.54) is 6.07 Å². The average Bonchev–Trinajstić information content (AvgIpc) is 3.03. The molecule has 0 atom stereocenters. The Morgan fingerprint density at radius 3 is 2.52 bits per heavy atom. The zero-order valence-electron chi connectivity index (χ0n) is 13.3. The van der Waals surface area contributed by atoms with Crippen LogP contribution in [0.2, 0.25) is 0 Å². The lowest BCUT2D eigenvalue weighted by atomic mass is 10.1. The van der Waals surface area contributed by atoms with Crippen molar-refractivity contribution in [1.82, 2.24) is 0 Å². The largest absolute Gasteiger partial charge is 0.465 e. The Morgan fingerprint density at radius 1 is 1.22 bits per heavy atom. The molecule has 0 unspecified atom stereocenters. The van der Waals surface area contributed by atoms with E-state index in [4.69, 9.17) is 4.74 Å². The predicted molar refractivity (Wildman–Crippen MR) is 91.4 cm³/mol. The Hall–Kier alpha value is -1.86. The molecule has 0 saturated carbocycles. The molecular formula is C16H19NO4S2. The summed E-state index contributed by atoms with van der Waals surface area (Å²) in [5, 5.41) is 1.69. The number of nitrogens with zero attached hydrogens (tertiary/aromatic N) is 1. The first-order chi connectivity index (χ1) is 10.9. The zero-order chi connectivity index (χ0) is 17.0. The molecule has 0 spiro atoms. The second-order valence-corrected chi connectivity index (χ2v) is 8.05. The molecule has 1 aromatic heterocycles. The molecule has 0 aliphatic carbocycles. The van der Waals surface area contributed by atoms with Gasteiger partial charge in [0.2, 0.25) is 0 Å². The molecule has 0 aliphatic rings. The van der Waals surface area contributed by atoms with Crippen LogP contribution in [0, 0.1) is 13.8 Å². The van der Waals surface area contributed by atoms with Crippen LogP contribution < -0.4 is 4.31 Å². The van der Waals surface area contributed by atoms with Gasteiger partial charge in [-0.05, 0) is 55.5 Å². The summed E-state index contributed by atoms with van der Waals surface area (Å²) in [7, 11) is -3.80. The average molecular weight is 353 g/mol. The number of sulfonamides is 1. The van der Waals surface area contributed by atoms with Gasteiger partial charge in [0, 0.05) is 0 Å². The van der Waals surface area contributed by atoms with E-state index in [1.54, 1.807) is 30.5 Å². The summed E-state index contributed by atoms with van der Waals surface area (Å²) < 4.78 is 31.9. The van der Waals surface area contributed by atoms with Crippen molar-refractivity contribution in [3.05, 3.63) is 46.8 Å². The van der Waals surface area contributed by atoms with Gasteiger partial charge in [-0.25, -0.2) is 8.42 Å². The molecule has 1 aromatic carbocycles. The second-order valence-electron chi connectivity index (χ2n) is 5.02. The topological polar surface area (TPSA) is 63.7 Å². The van der Waals surface area contributed by atoms with Crippen molar-refractivity contribution in [2.75, 3.05) is 17.5 Å². The van der Waals surface area contributed by atoms with Gasteiger partial charge in [0.25, 0.3) is 10.0 Å². The van der Waals surface area contributed by atoms with Gasteiger partial charge in [0.15, 0.2) is 0 Å². The fourth-order valence-corrected chi connectivity index (χ4v) is 4.54. The predicted octanol–water partition coefficient (Wildman–Crippen LogP) is 3.12. The Balaban J connectivity index is 2.47. The van der Waals surface area contributed by atoms with Crippen molar-refractivity contribution in [3.63, 3.8) is 0 Å². The lowest BCUT2D eigenvalue weighted by Gasteiger charge is -2.23. The minimum atomic E-state index is -3.80. The standard InChI is InChI=1S/C16H19NO4S2/c1-4-21-15(18)11-17(14-8-7-12(2)13(3)10-14)23(19,20)16-6-5-9-22-16/h5-10H,4,11H2,1-3H3. The van der Waals surface area contributed by atoms with Crippen LogP contribution in [0.25, 0.3) is 0 Å². The Bertz CT molecular complexity index is 782. The molecule has 0 bridgehead atoms. The number of thiophene rings is 1. The van der Waals surface area contributed by atoms with Gasteiger partial charge < -0.3 is 4.74 Å². The summed E-state index contributed by atoms with van der Waals surface area (Å²) in [5.74, 6) is -0.578. The van der Waals surface area contributed by atoms with Gasteiger partial charge in [0.05, 0.1) is 12.3 Å². The first-order valence-corrected chi connectivity index (χ1v) is 9.47. The van der Waals surface area contributed by atoms with E-state index in [1.807, 2.05) is 19.9 Å². The molecule has 23 heavy (non-hydrogen) atoms. The van der Waals surface area contributed by atoms with Crippen LogP contribution in [0.3, 0.4) is 0 Å². The normalized spacial score (nSPS) is 11.3. The highest BCUT2D eigenvalue weighted by Gasteiger charge is 2.28. The molecule has 2 rings (SSSR count). The SMILES string of the molecule is CCOC(=O)CN(c1ccc(C)c(C)c1)S(=O)(=O)c1cccs1. The van der Waals surface area contributed by atoms with Crippen LogP contribution in [-0.4, -0.2) is 27.5 Å². The van der Waals surface area contributed by atoms with Crippen LogP contribution in [0.1, 0.15) is 18.1 Å². The van der Waals surface area contributed by atoms with Crippen molar-refractivity contribution in [2.24, 2.45) is 0 Å². The third-order valence-electron chi connectivity index (χ3n) is 3.40. The number of hydrogen-bond acceptors (Lipinski definition) is 5. The van der Waals surface area contributed by atoms with E-state index in [0.29, 0.717) is 5.69 Å². The quantitative estimate of drug-likeness (QED) is 0.749. The van der Waals surface area contributed by atoms with Gasteiger partial charge in [-0.1, -0.05) is 12.1 Å². The van der Waals surface area contributed by atoms with Crippen LogP contribution in [0.15, 0.2) is 39.9 Å². The fraction of sp³-hybridized carbons (Fsp3) is 0.312. The van der Waals surface area contributed by atoms with Gasteiger partial charge in [0.1, 0.15) is 10.8 Å². The van der Waals surface area contributed by atoms with E-state index in [0.717, 1.165) is 26.8 Å². The third kappa shape index (κ3) is 3.92. The van der Waals surface area contributed by atoms with E-state index in [2.05, 4.69) is 0 Å². The van der Waals surface area contributed by atoms with Crippen molar-refractivity contribution in [2.45, 2.75) is 25.0 Å². The third-order valence-corrected chi connectivity index (χ3v) is 6.54. The van der Waals surface area contributed by atoms with Crippen molar-refractivity contribution in [3.8, 4) is 0 Å². The van der Waals surface area contributed by atoms with Crippen LogP contribution in [0.5, 0.6) is 0 Å². The Labute approximate surface area is 140 Å². The Morgan fingerprint density at radius 2 is 1.96 bits per heavy atom. The van der Waals surface area contributed by atoms with Crippen LogP contribution >= 0.6 is 11.3 Å². The Kier molecular flexibility index (Phi) is 5.43. The first-order valence-electron chi connectivity index (χ1n) is 7.15. The van der Waals surface area contributed by atoms with E-state index >= 15 is 0 Å². The fourth-order valence-electron chi connectivity index (χ4n) is 2.04. The highest BCUT2D eigenvalue weighted by molar-refractivity contribution is 7.94. The summed E-state index contributed by atoms with van der Waals surface area (Å²) in [6.45, 7) is 5.39. The number of hydrogen-bond donors (Lipinski definition) is 0. The zero-order valence-corrected chi connectivity index (χ0v) is 14.9. The van der Waals surface area contributed by atoms with Crippen molar-refractivity contribution >= 4 is 33.0 Å². The number of anilines is 1. The number of aryl methyl sites for hydroxylation is 2. The van der Waals surface area contributed by atoms with Crippen LogP contribution in [-0.2, 0) is 19.6 Å². The number of carbonyl (C=O) groups is 1. The van der Waals surface area contributed by atoms with E-state index in [9.17, 15) is 13.2 Å². The number of ether oxygens (including phenoxy) is 1. The van der Waals surface area contributed by atoms with Gasteiger partial charge >= 0.3 is 5.97 Å². The number of esters is 1. The molecule has 0 N–H and O–H groups in total. The molecule has 0 radical (unpaired) electrons. The smallest absolute Gasteiger partial charge is 0.326 e. The molecule has 0 amide bonds. The minimum Gasteiger partial charge on any atom is -0.465 e. The minimum absolute atomic E-state index is 0.194. The van der Waals surface area contributed by atoms with Crippen molar-refractivity contribution in [1.29, 1.82) is 0 Å². The maximum Gasteiger partial charge on any atom is 0.326 e. The summed E-state index contributed by atoms with van der Waals surface area (Å²) in [5.41, 5.74) is 2.46. The molecule has 7 heteroatoms. The maximum absolute atomic E-state index is 12.9. The summed E-state index contributed by atoms with van der Waals surface area (Å²) >= 11 is 1.12. The summed E-state index contributed by atoms with van der Waals surface area (Å²) in [6.07, 6.45) is 0. The molecule has 0 saturated heterocycles. The monoisotopic (exact) mass is 353 g/mol. The van der Waals surface area contributed by atoms with Crippen LogP contribution in [0.4, 0.5) is 5.69 Å². The highest BCUT2D eigenvalue weighted by atomic mass is 32.2. The molecule has 5 nitrogen and oxygen atoms in total. The van der Waals surface area contributed by atoms with Gasteiger partial charge in [-0.2, -0.15) is 0 Å². The summed E-state index contributed by atoms with van der Waals surface area (Å²) in [4.78, 5) is 11.9. The number of rotatable bonds is 6. The van der Waals surface area contributed by atoms with Gasteiger partial charge in [-0.3, -0.25) is 9.10 Å². The van der Waals surface area contributed by atoms with Crippen molar-refractivity contribution < 1.29 is 17.9 Å². The number of carbonyl (C=O) groups excluding carboxylic acids is 1. The second kappa shape index (κ2) is 7.14. The summed E-state index contributed by atoms with van der Waals surface area (Å²) in [6, 6.07) is 8.50. The lowest BCUT2D eigenvalue weighted by molar-refractivity contribution is -0.141. The number of benzene rings is 1. The van der Waals surface area contributed by atoms with E-state index < -0.39 is 16.0 Å². The molecule has 0 aliphatic heterocycles. The molecule has 124 valence electrons. The van der Waals surface area contributed by atoms with E-state index in [-0.39, 0.29) is 17.4 Å². The molecular weight excluding hydrogens is 334 g/mol. The lowest BCUT2D eigenvalue weighted by Crippen LogP contribution is -2.36. The molecule has 1 heterocycles. The first kappa shape index (κ1) is 17.5.